The van der Waals surface area contributed by atoms with Crippen molar-refractivity contribution in [2.45, 2.75) is 474 Å². The molecule has 2 saturated carbocycles. The third kappa shape index (κ3) is 44.3. The standard InChI is InChI=1S/C20H28O6.C19H31NO5.C19H26O5.C18H30O5.C17H29NO5.C17H28O6/c1-3-20(13-6-14-25-20)26-19(22)8-5-4-7-18(21)24-15-16-9-11-17(23-2)12-10-16;1-2-19(12-8-14-23-19)25-17(21)16-11-6-7-13-20(16)18(22)24-15-9-4-3-5-10-15;1-2-19(13-8-14-23-19)24-18(21)12-7-6-11-17(20)22-15-16-9-4-3-5-10-16;1-2-18(13-8-14-21-18)23-17(20)12-7-6-11-16(19)22-15-9-4-3-5-10-15;1-5-17(9-6-12-21-17)22-14(19)13-7-10-18(11-8-13)15(20)23-16(2,3)4;1-2-17(11-7-13-21-17)23-15(19)9-4-3-8-14(18)22-16-10-5-6-12-20-16/h9-12H,3-8,13-15H2,1-2H3;15-16H,2-14H2,1H3;3-5,9-10H,2,6-8,11-15H2,1H3;15H,2-14H2,1H3;13H,5-12H2,1-4H3;16H,2-13H2,1H3. The van der Waals surface area contributed by atoms with Crippen LogP contribution in [0.5, 0.6) is 5.75 Å². The molecule has 2 aromatic carbocycles. The number of likely N-dealkylation sites (tertiary alicyclic amines) is 2. The number of benzene rings is 2. The highest BCUT2D eigenvalue weighted by molar-refractivity contribution is 5.82. The van der Waals surface area contributed by atoms with E-state index in [1.165, 1.54) is 12.8 Å². The van der Waals surface area contributed by atoms with Crippen LogP contribution in [0.3, 0.4) is 0 Å². The summed E-state index contributed by atoms with van der Waals surface area (Å²) in [5.74, 6) is -6.21. The minimum Gasteiger partial charge on any atom is -0.497 e. The molecule has 9 saturated heterocycles. The highest BCUT2D eigenvalue weighted by atomic mass is 16.8. The first-order valence-electron chi connectivity index (χ1n) is 54.5. The van der Waals surface area contributed by atoms with Gasteiger partial charge < -0.3 is 99.6 Å². The second kappa shape index (κ2) is 64.5. The highest BCUT2D eigenvalue weighted by Crippen LogP contribution is 2.39. The van der Waals surface area contributed by atoms with Crippen molar-refractivity contribution in [1.29, 1.82) is 0 Å². The molecule has 2 amide bonds. The SMILES string of the molecule is CCC1(OC(=O)C2CCCCN2C(=O)OC2CCCCC2)CCCO1.CCC1(OC(=O)C2CCN(C(=O)OC(C)(C)C)CC2)CCCO1.CCC1(OC(=O)CCCCC(=O)OC2CCCCC2)CCCO1.CCC1(OC(=O)CCCCC(=O)OC2CCCCO2)CCCO1.CCC1(OC(=O)CCCCC(=O)OCc2ccc(OC)cc2)CCCO1.CCC1(OC(=O)CCCCC(=O)OCc2ccccc2)CCCO1. The lowest BCUT2D eigenvalue weighted by molar-refractivity contribution is -0.220. The van der Waals surface area contributed by atoms with Gasteiger partial charge in [0.05, 0.1) is 59.3 Å². The van der Waals surface area contributed by atoms with Crippen molar-refractivity contribution >= 4 is 71.9 Å². The van der Waals surface area contributed by atoms with E-state index in [1.807, 2.05) is 117 Å². The number of carbonyl (C=O) groups excluding carboxylic acids is 12. The average molecular weight is 2030 g/mol. The number of unbranched alkanes of at least 4 members (excludes halogenated alkanes) is 4. The van der Waals surface area contributed by atoms with Crippen molar-refractivity contribution in [2.75, 3.05) is 73.0 Å². The van der Waals surface area contributed by atoms with Crippen LogP contribution < -0.4 is 4.74 Å². The lowest BCUT2D eigenvalue weighted by Gasteiger charge is -2.37. The Morgan fingerprint density at radius 1 is 0.333 bits per heavy atom. The zero-order valence-electron chi connectivity index (χ0n) is 88.3. The molecule has 9 aliphatic heterocycles. The van der Waals surface area contributed by atoms with Crippen molar-refractivity contribution in [1.82, 2.24) is 9.80 Å². The van der Waals surface area contributed by atoms with E-state index in [0.717, 1.165) is 177 Å². The molecule has 9 heterocycles. The fourth-order valence-electron chi connectivity index (χ4n) is 18.9. The summed E-state index contributed by atoms with van der Waals surface area (Å²) in [6.07, 6.45) is 38.0. The minimum absolute atomic E-state index is 0.00000335. The third-order valence-corrected chi connectivity index (χ3v) is 27.8. The molecule has 2 aromatic rings. The summed E-state index contributed by atoms with van der Waals surface area (Å²) in [6, 6.07) is 16.4. The summed E-state index contributed by atoms with van der Waals surface area (Å²) >= 11 is 0. The molecule has 0 aromatic heterocycles. The van der Waals surface area contributed by atoms with Gasteiger partial charge in [0.2, 0.25) is 41.0 Å². The van der Waals surface area contributed by atoms with E-state index in [2.05, 4.69) is 0 Å². The van der Waals surface area contributed by atoms with Crippen LogP contribution in [0.2, 0.25) is 0 Å². The maximum absolute atomic E-state index is 12.8. The monoisotopic (exact) mass is 2030 g/mol. The van der Waals surface area contributed by atoms with Crippen molar-refractivity contribution in [2.24, 2.45) is 5.92 Å². The van der Waals surface area contributed by atoms with Gasteiger partial charge in [-0.1, -0.05) is 96.8 Å². The van der Waals surface area contributed by atoms with Crippen LogP contribution in [-0.2, 0) is 151 Å². The molecular formula is C110H172N2O32. The Bertz CT molecular complexity index is 4020. The molecule has 34 nitrogen and oxygen atoms in total. The van der Waals surface area contributed by atoms with Crippen molar-refractivity contribution in [3.05, 3.63) is 65.7 Å². The zero-order valence-corrected chi connectivity index (χ0v) is 88.3. The Morgan fingerprint density at radius 3 is 1.04 bits per heavy atom. The Morgan fingerprint density at radius 2 is 0.681 bits per heavy atom. The van der Waals surface area contributed by atoms with Crippen molar-refractivity contribution < 1.29 is 152 Å². The van der Waals surface area contributed by atoms with Crippen LogP contribution >= 0.6 is 0 Å². The Labute approximate surface area is 854 Å². The van der Waals surface area contributed by atoms with Gasteiger partial charge in [0, 0.05) is 154 Å². The molecule has 8 atom stereocenters. The van der Waals surface area contributed by atoms with Gasteiger partial charge in [0.1, 0.15) is 42.8 Å². The van der Waals surface area contributed by atoms with Crippen molar-refractivity contribution in [3.63, 3.8) is 0 Å². The predicted molar refractivity (Wildman–Crippen MR) is 530 cm³/mol. The Balaban J connectivity index is 0.000000211. The summed E-state index contributed by atoms with van der Waals surface area (Å²) in [5, 5.41) is 0. The number of hydrogen-bond donors (Lipinski definition) is 0. The van der Waals surface area contributed by atoms with E-state index >= 15 is 0 Å². The summed E-state index contributed by atoms with van der Waals surface area (Å²) in [7, 11) is 1.60. The van der Waals surface area contributed by atoms with Crippen LogP contribution in [0.25, 0.3) is 0 Å². The lowest BCUT2D eigenvalue weighted by Crippen LogP contribution is -2.51. The van der Waals surface area contributed by atoms with Crippen LogP contribution in [0.4, 0.5) is 9.59 Å². The van der Waals surface area contributed by atoms with Gasteiger partial charge >= 0.3 is 71.9 Å². The van der Waals surface area contributed by atoms with Crippen molar-refractivity contribution in [3.8, 4) is 5.75 Å². The minimum atomic E-state index is -0.798. The van der Waals surface area contributed by atoms with E-state index in [1.54, 1.807) is 16.9 Å². The molecule has 0 radical (unpaired) electrons. The molecule has 11 fully saturated rings. The van der Waals surface area contributed by atoms with Crippen LogP contribution in [0.15, 0.2) is 54.6 Å². The van der Waals surface area contributed by atoms with Crippen LogP contribution in [0, 0.1) is 5.92 Å². The first-order valence-corrected chi connectivity index (χ1v) is 54.5. The van der Waals surface area contributed by atoms with Gasteiger partial charge in [0.25, 0.3) is 0 Å². The fourth-order valence-corrected chi connectivity index (χ4v) is 18.9. The molecule has 0 bridgehead atoms. The predicted octanol–water partition coefficient (Wildman–Crippen LogP) is 21.3. The smallest absolute Gasteiger partial charge is 0.410 e. The molecule has 34 heteroatoms. The molecule has 2 aliphatic carbocycles. The van der Waals surface area contributed by atoms with E-state index in [-0.39, 0.29) is 116 Å². The van der Waals surface area contributed by atoms with Gasteiger partial charge in [-0.25, -0.2) is 14.4 Å². The molecule has 0 N–H and O–H groups in total. The molecule has 8 unspecified atom stereocenters. The fraction of sp³-hybridized carbons (Fsp3) is 0.782. The number of carbonyl (C=O) groups is 12. The summed E-state index contributed by atoms with van der Waals surface area (Å²) in [4.78, 5) is 148. The number of ether oxygens (including phenoxy) is 20. The van der Waals surface area contributed by atoms with Gasteiger partial charge in [-0.15, -0.1) is 0 Å². The van der Waals surface area contributed by atoms with Gasteiger partial charge in [0.15, 0.2) is 0 Å². The number of esters is 10. The quantitative estimate of drug-likeness (QED) is 0.0338. The largest absolute Gasteiger partial charge is 0.497 e. The Kier molecular flexibility index (Phi) is 53.9. The summed E-state index contributed by atoms with van der Waals surface area (Å²) in [5.41, 5.74) is 1.38. The second-order valence-corrected chi connectivity index (χ2v) is 40.1. The third-order valence-electron chi connectivity index (χ3n) is 27.8. The van der Waals surface area contributed by atoms with E-state index in [0.29, 0.717) is 220 Å². The highest BCUT2D eigenvalue weighted by Gasteiger charge is 2.46. The number of piperidine rings is 2. The topological polar surface area (TPSA) is 396 Å². The summed E-state index contributed by atoms with van der Waals surface area (Å²) in [6.45, 7) is 24.0. The molecule has 11 aliphatic rings. The lowest BCUT2D eigenvalue weighted by atomic mass is 9.97. The normalized spacial score (nSPS) is 24.8. The second-order valence-electron chi connectivity index (χ2n) is 40.1. The Hall–Kier alpha value is -8.80. The maximum Gasteiger partial charge on any atom is 0.410 e. The van der Waals surface area contributed by atoms with E-state index in [4.69, 9.17) is 94.7 Å². The van der Waals surface area contributed by atoms with E-state index < -0.39 is 46.4 Å². The van der Waals surface area contributed by atoms with Gasteiger partial charge in [-0.05, 0) is 230 Å². The van der Waals surface area contributed by atoms with Gasteiger partial charge in [-0.3, -0.25) is 48.1 Å². The number of hydrogen-bond acceptors (Lipinski definition) is 32. The van der Waals surface area contributed by atoms with E-state index in [9.17, 15) is 57.5 Å². The molecule has 0 spiro atoms. The first-order chi connectivity index (χ1) is 69.3. The van der Waals surface area contributed by atoms with Gasteiger partial charge in [-0.2, -0.15) is 0 Å². The molecule has 13 rings (SSSR count). The number of methoxy groups -OCH3 is 1. The maximum atomic E-state index is 12.8. The molecule has 144 heavy (non-hydrogen) atoms. The molecule has 814 valence electrons. The first kappa shape index (κ1) is 120. The number of rotatable bonds is 42. The van der Waals surface area contributed by atoms with Crippen LogP contribution in [0.1, 0.15) is 407 Å². The number of amides is 2. The number of nitrogens with zero attached hydrogens (tertiary/aromatic N) is 2. The van der Waals surface area contributed by atoms with Crippen LogP contribution in [-0.4, -0.2) is 220 Å². The summed E-state index contributed by atoms with van der Waals surface area (Å²) < 4.78 is 110. The zero-order chi connectivity index (χ0) is 104. The average Bonchev–Trinajstić information content (AvgIpc) is 1.32. The molecular weight excluding hydrogens is 1860 g/mol.